The van der Waals surface area contributed by atoms with Gasteiger partial charge in [-0.1, -0.05) is 62.4 Å². The van der Waals surface area contributed by atoms with E-state index in [9.17, 15) is 4.79 Å². The van der Waals surface area contributed by atoms with Gasteiger partial charge in [0.25, 0.3) is 5.91 Å². The van der Waals surface area contributed by atoms with Crippen LogP contribution in [0.1, 0.15) is 42.2 Å². The summed E-state index contributed by atoms with van der Waals surface area (Å²) in [5.41, 5.74) is 1.86. The molecule has 2 nitrogen and oxygen atoms in total. The predicted molar refractivity (Wildman–Crippen MR) is 82.5 cm³/mol. The standard InChI is InChI=1S/C18H21NO/c1-14(2)13-17(15-9-5-3-6-10-15)19-18(20)16-11-7-4-8-12-16/h3-12,14,17H,13H2,1-2H3,(H,19,20)/t17-/m1/s1. The van der Waals surface area contributed by atoms with Crippen molar-refractivity contribution in [2.24, 2.45) is 5.92 Å². The third kappa shape index (κ3) is 3.95. The number of carbonyl (C=O) groups excluding carboxylic acids is 1. The maximum absolute atomic E-state index is 12.3. The second-order valence-electron chi connectivity index (χ2n) is 5.43. The first kappa shape index (κ1) is 14.3. The molecular formula is C18H21NO. The van der Waals surface area contributed by atoms with Gasteiger partial charge in [0.2, 0.25) is 0 Å². The maximum atomic E-state index is 12.3. The maximum Gasteiger partial charge on any atom is 0.251 e. The van der Waals surface area contributed by atoms with Gasteiger partial charge in [0.15, 0.2) is 0 Å². The Bertz CT molecular complexity index is 534. The van der Waals surface area contributed by atoms with Crippen molar-refractivity contribution in [1.29, 1.82) is 0 Å². The van der Waals surface area contributed by atoms with Crippen LogP contribution in [0.15, 0.2) is 60.7 Å². The average molecular weight is 267 g/mol. The summed E-state index contributed by atoms with van der Waals surface area (Å²) in [6.07, 6.45) is 0.933. The van der Waals surface area contributed by atoms with Crippen LogP contribution in [0.4, 0.5) is 0 Å². The van der Waals surface area contributed by atoms with Crippen molar-refractivity contribution < 1.29 is 4.79 Å². The van der Waals surface area contributed by atoms with Gasteiger partial charge in [0.05, 0.1) is 6.04 Å². The molecule has 0 aliphatic carbocycles. The molecule has 0 radical (unpaired) electrons. The van der Waals surface area contributed by atoms with E-state index in [4.69, 9.17) is 0 Å². The van der Waals surface area contributed by atoms with E-state index >= 15 is 0 Å². The first-order valence-corrected chi connectivity index (χ1v) is 7.07. The molecule has 1 atom stereocenters. The summed E-state index contributed by atoms with van der Waals surface area (Å²) >= 11 is 0. The molecule has 0 aliphatic rings. The fourth-order valence-electron chi connectivity index (χ4n) is 2.27. The van der Waals surface area contributed by atoms with Crippen LogP contribution >= 0.6 is 0 Å². The van der Waals surface area contributed by atoms with Gasteiger partial charge in [-0.15, -0.1) is 0 Å². The molecule has 0 saturated heterocycles. The van der Waals surface area contributed by atoms with E-state index in [2.05, 4.69) is 31.3 Å². The lowest BCUT2D eigenvalue weighted by molar-refractivity contribution is 0.0932. The highest BCUT2D eigenvalue weighted by molar-refractivity contribution is 5.94. The summed E-state index contributed by atoms with van der Waals surface area (Å²) in [5, 5.41) is 3.14. The summed E-state index contributed by atoms with van der Waals surface area (Å²) in [6.45, 7) is 4.34. The Kier molecular flexibility index (Phi) is 4.94. The largest absolute Gasteiger partial charge is 0.345 e. The molecule has 0 heterocycles. The van der Waals surface area contributed by atoms with Crippen molar-refractivity contribution in [1.82, 2.24) is 5.32 Å². The molecule has 2 heteroatoms. The van der Waals surface area contributed by atoms with E-state index in [0.717, 1.165) is 12.0 Å². The van der Waals surface area contributed by atoms with Crippen LogP contribution in [-0.4, -0.2) is 5.91 Å². The first-order valence-electron chi connectivity index (χ1n) is 7.07. The lowest BCUT2D eigenvalue weighted by Crippen LogP contribution is -2.29. The Labute approximate surface area is 120 Å². The van der Waals surface area contributed by atoms with Crippen LogP contribution < -0.4 is 5.32 Å². The van der Waals surface area contributed by atoms with Crippen LogP contribution in [0.25, 0.3) is 0 Å². The van der Waals surface area contributed by atoms with Crippen molar-refractivity contribution in [2.75, 3.05) is 0 Å². The topological polar surface area (TPSA) is 29.1 Å². The predicted octanol–water partition coefficient (Wildman–Crippen LogP) is 4.20. The Morgan fingerprint density at radius 1 is 0.950 bits per heavy atom. The lowest BCUT2D eigenvalue weighted by Gasteiger charge is -2.21. The fraction of sp³-hybridized carbons (Fsp3) is 0.278. The first-order chi connectivity index (χ1) is 9.66. The van der Waals surface area contributed by atoms with Crippen LogP contribution in [0.2, 0.25) is 0 Å². The van der Waals surface area contributed by atoms with E-state index < -0.39 is 0 Å². The van der Waals surface area contributed by atoms with Crippen molar-refractivity contribution in [3.05, 3.63) is 71.8 Å². The zero-order valence-electron chi connectivity index (χ0n) is 12.0. The summed E-state index contributed by atoms with van der Waals surface area (Å²) in [5.74, 6) is 0.511. The van der Waals surface area contributed by atoms with Gasteiger partial charge < -0.3 is 5.32 Å². The summed E-state index contributed by atoms with van der Waals surface area (Å²) in [4.78, 5) is 12.3. The normalized spacial score (nSPS) is 12.2. The van der Waals surface area contributed by atoms with Crippen LogP contribution in [-0.2, 0) is 0 Å². The van der Waals surface area contributed by atoms with Gasteiger partial charge in [-0.25, -0.2) is 0 Å². The van der Waals surface area contributed by atoms with E-state index in [1.807, 2.05) is 48.5 Å². The number of amides is 1. The Morgan fingerprint density at radius 3 is 2.05 bits per heavy atom. The van der Waals surface area contributed by atoms with Crippen molar-refractivity contribution in [3.8, 4) is 0 Å². The Hall–Kier alpha value is -2.09. The molecule has 2 aromatic carbocycles. The molecule has 0 aromatic heterocycles. The molecule has 0 unspecified atom stereocenters. The minimum Gasteiger partial charge on any atom is -0.345 e. The van der Waals surface area contributed by atoms with Gasteiger partial charge >= 0.3 is 0 Å². The molecule has 0 saturated carbocycles. The second-order valence-corrected chi connectivity index (χ2v) is 5.43. The summed E-state index contributed by atoms with van der Waals surface area (Å²) < 4.78 is 0. The smallest absolute Gasteiger partial charge is 0.251 e. The number of rotatable bonds is 5. The number of nitrogens with one attached hydrogen (secondary N) is 1. The zero-order valence-corrected chi connectivity index (χ0v) is 12.0. The third-order valence-electron chi connectivity index (χ3n) is 3.25. The Balaban J connectivity index is 2.14. The second kappa shape index (κ2) is 6.90. The summed E-state index contributed by atoms with van der Waals surface area (Å²) in [7, 11) is 0. The SMILES string of the molecule is CC(C)C[C@@H](NC(=O)c1ccccc1)c1ccccc1. The van der Waals surface area contributed by atoms with Crippen molar-refractivity contribution in [2.45, 2.75) is 26.3 Å². The van der Waals surface area contributed by atoms with Crippen molar-refractivity contribution >= 4 is 5.91 Å². The molecule has 0 aliphatic heterocycles. The van der Waals surface area contributed by atoms with E-state index in [-0.39, 0.29) is 11.9 Å². The summed E-state index contributed by atoms with van der Waals surface area (Å²) in [6, 6.07) is 19.6. The lowest BCUT2D eigenvalue weighted by atomic mass is 9.96. The molecule has 1 amide bonds. The molecule has 0 fully saturated rings. The molecule has 0 bridgehead atoms. The Morgan fingerprint density at radius 2 is 1.50 bits per heavy atom. The van der Waals surface area contributed by atoms with E-state index in [1.165, 1.54) is 0 Å². The van der Waals surface area contributed by atoms with Gasteiger partial charge in [-0.2, -0.15) is 0 Å². The van der Waals surface area contributed by atoms with Crippen molar-refractivity contribution in [3.63, 3.8) is 0 Å². The molecule has 20 heavy (non-hydrogen) atoms. The minimum atomic E-state index is -0.0138. The number of hydrogen-bond acceptors (Lipinski definition) is 1. The molecule has 2 aromatic rings. The minimum absolute atomic E-state index is 0.0138. The molecular weight excluding hydrogens is 246 g/mol. The van der Waals surface area contributed by atoms with Crippen LogP contribution in [0.5, 0.6) is 0 Å². The van der Waals surface area contributed by atoms with Crippen LogP contribution in [0, 0.1) is 5.92 Å². The van der Waals surface area contributed by atoms with Gasteiger partial charge in [-0.3, -0.25) is 4.79 Å². The molecule has 1 N–H and O–H groups in total. The third-order valence-corrected chi connectivity index (χ3v) is 3.25. The zero-order chi connectivity index (χ0) is 14.4. The van der Waals surface area contributed by atoms with Gasteiger partial charge in [0, 0.05) is 5.56 Å². The number of benzene rings is 2. The average Bonchev–Trinajstić information content (AvgIpc) is 2.48. The molecule has 2 rings (SSSR count). The molecule has 104 valence electrons. The number of hydrogen-bond donors (Lipinski definition) is 1. The number of carbonyl (C=O) groups is 1. The van der Waals surface area contributed by atoms with Gasteiger partial charge in [0.1, 0.15) is 0 Å². The monoisotopic (exact) mass is 267 g/mol. The van der Waals surface area contributed by atoms with Crippen LogP contribution in [0.3, 0.4) is 0 Å². The fourth-order valence-corrected chi connectivity index (χ4v) is 2.27. The van der Waals surface area contributed by atoms with Gasteiger partial charge in [-0.05, 0) is 30.0 Å². The van der Waals surface area contributed by atoms with E-state index in [1.54, 1.807) is 0 Å². The highest BCUT2D eigenvalue weighted by Gasteiger charge is 2.16. The highest BCUT2D eigenvalue weighted by Crippen LogP contribution is 2.21. The van der Waals surface area contributed by atoms with E-state index in [0.29, 0.717) is 11.5 Å². The quantitative estimate of drug-likeness (QED) is 0.864. The molecule has 0 spiro atoms. The highest BCUT2D eigenvalue weighted by atomic mass is 16.1.